The fourth-order valence-electron chi connectivity index (χ4n) is 4.38. The maximum atomic E-state index is 13.9. The number of amides is 1. The van der Waals surface area contributed by atoms with Gasteiger partial charge in [-0.2, -0.15) is 22.0 Å². The number of fused-ring (bicyclic) bond motifs is 1. The molecular formula is C28H27F5N4O2. The lowest BCUT2D eigenvalue weighted by Gasteiger charge is -2.28. The van der Waals surface area contributed by atoms with Crippen molar-refractivity contribution in [2.24, 2.45) is 0 Å². The molecule has 0 saturated carbocycles. The van der Waals surface area contributed by atoms with Gasteiger partial charge in [-0.3, -0.25) is 4.79 Å². The molecule has 0 fully saturated rings. The number of hydrogen-bond donors (Lipinski definition) is 2. The minimum Gasteiger partial charge on any atom is -0.387 e. The number of aliphatic hydroxyl groups excluding tert-OH is 1. The Morgan fingerprint density at radius 1 is 0.974 bits per heavy atom. The molecule has 39 heavy (non-hydrogen) atoms. The number of halogens is 5. The zero-order valence-corrected chi connectivity index (χ0v) is 21.4. The summed E-state index contributed by atoms with van der Waals surface area (Å²) in [6.45, 7) is 4.61. The summed E-state index contributed by atoms with van der Waals surface area (Å²) in [7, 11) is 0. The summed E-state index contributed by atoms with van der Waals surface area (Å²) in [4.78, 5) is 12.7. The summed E-state index contributed by atoms with van der Waals surface area (Å²) < 4.78 is 70.1. The van der Waals surface area contributed by atoms with E-state index in [0.29, 0.717) is 16.6 Å². The summed E-state index contributed by atoms with van der Waals surface area (Å²) in [5, 5.41) is 20.2. The van der Waals surface area contributed by atoms with E-state index in [2.05, 4.69) is 15.6 Å². The van der Waals surface area contributed by atoms with Crippen LogP contribution in [-0.4, -0.2) is 32.1 Å². The van der Waals surface area contributed by atoms with Gasteiger partial charge in [-0.25, -0.2) is 4.68 Å². The van der Waals surface area contributed by atoms with Gasteiger partial charge in [0.1, 0.15) is 11.6 Å². The largest absolute Gasteiger partial charge is 0.416 e. The zero-order chi connectivity index (χ0) is 28.6. The number of nitrogens with one attached hydrogen (secondary N) is 1. The molecule has 0 radical (unpaired) electrons. The van der Waals surface area contributed by atoms with Gasteiger partial charge in [-0.15, -0.1) is 5.10 Å². The summed E-state index contributed by atoms with van der Waals surface area (Å²) in [5.74, 6) is -3.81. The van der Waals surface area contributed by atoms with Crippen molar-refractivity contribution >= 4 is 16.9 Å². The predicted octanol–water partition coefficient (Wildman–Crippen LogP) is 5.83. The molecule has 4 rings (SSSR count). The lowest BCUT2D eigenvalue weighted by Crippen LogP contribution is -2.28. The van der Waals surface area contributed by atoms with Gasteiger partial charge in [-0.05, 0) is 42.3 Å². The number of rotatable bonds is 8. The molecule has 3 aromatic carbocycles. The smallest absolute Gasteiger partial charge is 0.387 e. The standard InChI is InChI=1S/C28H27F5N4O2/c1-17(38)27(29,30)20-11-8-18(9-12-20)15-34-25(39)19-10-13-24-23(14-19)35-36-37(24)16-26(2,3)21-6-4-5-7-22(21)28(31,32)33/h4-14,17,38H,15-16H2,1-3H3,(H,34,39)/t17-/m0/s1. The predicted molar refractivity (Wildman–Crippen MR) is 135 cm³/mol. The van der Waals surface area contributed by atoms with E-state index in [0.717, 1.165) is 13.0 Å². The minimum atomic E-state index is -4.49. The van der Waals surface area contributed by atoms with E-state index in [1.165, 1.54) is 47.1 Å². The number of carbonyl (C=O) groups is 1. The molecule has 1 atom stereocenters. The molecule has 0 spiro atoms. The fraction of sp³-hybridized carbons (Fsp3) is 0.321. The first-order chi connectivity index (χ1) is 18.2. The van der Waals surface area contributed by atoms with Crippen LogP contribution >= 0.6 is 0 Å². The molecule has 4 aromatic rings. The van der Waals surface area contributed by atoms with Gasteiger partial charge in [0.2, 0.25) is 0 Å². The van der Waals surface area contributed by atoms with Crippen LogP contribution in [0.2, 0.25) is 0 Å². The molecule has 0 saturated heterocycles. The fourth-order valence-corrected chi connectivity index (χ4v) is 4.38. The summed E-state index contributed by atoms with van der Waals surface area (Å²) in [6, 6.07) is 15.4. The highest BCUT2D eigenvalue weighted by molar-refractivity contribution is 5.97. The van der Waals surface area contributed by atoms with Crippen LogP contribution in [-0.2, 0) is 30.6 Å². The van der Waals surface area contributed by atoms with E-state index in [4.69, 9.17) is 0 Å². The van der Waals surface area contributed by atoms with E-state index in [9.17, 15) is 31.9 Å². The Hall–Kier alpha value is -3.86. The summed E-state index contributed by atoms with van der Waals surface area (Å²) >= 11 is 0. The second kappa shape index (κ2) is 10.4. The third-order valence-corrected chi connectivity index (χ3v) is 6.60. The van der Waals surface area contributed by atoms with Gasteiger partial charge in [0.25, 0.3) is 11.8 Å². The third-order valence-electron chi connectivity index (χ3n) is 6.60. The number of alkyl halides is 5. The van der Waals surface area contributed by atoms with Crippen LogP contribution in [0.25, 0.3) is 11.0 Å². The Morgan fingerprint density at radius 2 is 1.62 bits per heavy atom. The molecule has 0 unspecified atom stereocenters. The second-order valence-electron chi connectivity index (χ2n) is 10.1. The lowest BCUT2D eigenvalue weighted by atomic mass is 9.81. The topological polar surface area (TPSA) is 80.0 Å². The average molecular weight is 547 g/mol. The number of hydrogen-bond acceptors (Lipinski definition) is 4. The van der Waals surface area contributed by atoms with Crippen LogP contribution in [0.1, 0.15) is 53.4 Å². The van der Waals surface area contributed by atoms with Gasteiger partial charge in [0.05, 0.1) is 17.6 Å². The minimum absolute atomic E-state index is 0.0803. The zero-order valence-electron chi connectivity index (χ0n) is 21.4. The number of nitrogens with zero attached hydrogens (tertiary/aromatic N) is 3. The van der Waals surface area contributed by atoms with Crippen LogP contribution < -0.4 is 5.32 Å². The first kappa shape index (κ1) is 28.2. The van der Waals surface area contributed by atoms with Gasteiger partial charge >= 0.3 is 6.18 Å². The molecule has 0 aliphatic heterocycles. The van der Waals surface area contributed by atoms with Crippen LogP contribution in [0.3, 0.4) is 0 Å². The number of carbonyl (C=O) groups excluding carboxylic acids is 1. The van der Waals surface area contributed by atoms with Crippen LogP contribution in [0.5, 0.6) is 0 Å². The van der Waals surface area contributed by atoms with Crippen molar-refractivity contribution in [1.82, 2.24) is 20.3 Å². The Kier molecular flexibility index (Phi) is 7.48. The number of aromatic nitrogens is 3. The molecule has 1 amide bonds. The highest BCUT2D eigenvalue weighted by Crippen LogP contribution is 2.38. The molecule has 1 heterocycles. The Balaban J connectivity index is 1.47. The van der Waals surface area contributed by atoms with Crippen molar-refractivity contribution in [2.75, 3.05) is 0 Å². The average Bonchev–Trinajstić information content (AvgIpc) is 3.28. The van der Waals surface area contributed by atoms with Crippen molar-refractivity contribution in [2.45, 2.75) is 57.5 Å². The Morgan fingerprint density at radius 3 is 2.23 bits per heavy atom. The molecular weight excluding hydrogens is 519 g/mol. The van der Waals surface area contributed by atoms with E-state index in [1.807, 2.05) is 0 Å². The molecule has 0 aliphatic carbocycles. The molecule has 0 bridgehead atoms. The molecule has 206 valence electrons. The number of benzene rings is 3. The molecule has 0 aliphatic rings. The Labute approximate surface area is 221 Å². The van der Waals surface area contributed by atoms with Crippen molar-refractivity contribution < 1.29 is 31.9 Å². The van der Waals surface area contributed by atoms with Gasteiger partial charge in [0.15, 0.2) is 0 Å². The van der Waals surface area contributed by atoms with Gasteiger partial charge in [-0.1, -0.05) is 61.5 Å². The van der Waals surface area contributed by atoms with E-state index >= 15 is 0 Å². The highest BCUT2D eigenvalue weighted by Gasteiger charge is 2.38. The summed E-state index contributed by atoms with van der Waals surface area (Å²) in [5.41, 5.74) is -0.00522. The first-order valence-corrected chi connectivity index (χ1v) is 12.1. The molecule has 1 aromatic heterocycles. The number of aliphatic hydroxyl groups is 1. The van der Waals surface area contributed by atoms with Crippen LogP contribution in [0.4, 0.5) is 22.0 Å². The molecule has 11 heteroatoms. The maximum absolute atomic E-state index is 13.9. The Bertz CT molecular complexity index is 1480. The van der Waals surface area contributed by atoms with Crippen molar-refractivity contribution in [3.63, 3.8) is 0 Å². The van der Waals surface area contributed by atoms with Crippen molar-refractivity contribution in [3.8, 4) is 0 Å². The third kappa shape index (κ3) is 5.93. The van der Waals surface area contributed by atoms with Crippen LogP contribution in [0, 0.1) is 0 Å². The van der Waals surface area contributed by atoms with Crippen molar-refractivity contribution in [1.29, 1.82) is 0 Å². The summed E-state index contributed by atoms with van der Waals surface area (Å²) in [6.07, 6.45) is -6.33. The SMILES string of the molecule is C[C@H](O)C(F)(F)c1ccc(CNC(=O)c2ccc3c(c2)nnn3CC(C)(C)c2ccccc2C(F)(F)F)cc1. The van der Waals surface area contributed by atoms with Crippen LogP contribution in [0.15, 0.2) is 66.7 Å². The molecule has 6 nitrogen and oxygen atoms in total. The van der Waals surface area contributed by atoms with Gasteiger partial charge < -0.3 is 10.4 Å². The van der Waals surface area contributed by atoms with E-state index in [1.54, 1.807) is 32.0 Å². The lowest BCUT2D eigenvalue weighted by molar-refractivity contribution is -0.138. The monoisotopic (exact) mass is 546 g/mol. The van der Waals surface area contributed by atoms with Gasteiger partial charge in [0, 0.05) is 23.1 Å². The van der Waals surface area contributed by atoms with E-state index < -0.39 is 35.1 Å². The first-order valence-electron chi connectivity index (χ1n) is 12.1. The van der Waals surface area contributed by atoms with E-state index in [-0.39, 0.29) is 29.8 Å². The quantitative estimate of drug-likeness (QED) is 0.273. The molecule has 2 N–H and O–H groups in total. The second-order valence-corrected chi connectivity index (χ2v) is 10.1. The highest BCUT2D eigenvalue weighted by atomic mass is 19.4. The van der Waals surface area contributed by atoms with Crippen molar-refractivity contribution in [3.05, 3.63) is 94.5 Å². The maximum Gasteiger partial charge on any atom is 0.416 e. The normalized spacial score (nSPS) is 13.5.